The van der Waals surface area contributed by atoms with Gasteiger partial charge in [0.15, 0.2) is 0 Å². The second kappa shape index (κ2) is 6.44. The second-order valence-electron chi connectivity index (χ2n) is 4.40. The first-order valence-electron chi connectivity index (χ1n) is 5.72. The highest BCUT2D eigenvalue weighted by Gasteiger charge is 2.04. The molecule has 1 rings (SSSR count). The van der Waals surface area contributed by atoms with E-state index in [9.17, 15) is 4.79 Å². The first-order valence-corrected chi connectivity index (χ1v) is 5.72. The van der Waals surface area contributed by atoms with Gasteiger partial charge in [-0.1, -0.05) is 20.3 Å². The van der Waals surface area contributed by atoms with Crippen LogP contribution in [0, 0.1) is 5.92 Å². The molecular formula is C13H20O2. The number of carbonyl (C=O) groups is 1. The quantitative estimate of drug-likeness (QED) is 0.685. The Morgan fingerprint density at radius 2 is 2.20 bits per heavy atom. The van der Waals surface area contributed by atoms with Crippen molar-refractivity contribution in [3.8, 4) is 0 Å². The van der Waals surface area contributed by atoms with E-state index < -0.39 is 0 Å². The van der Waals surface area contributed by atoms with E-state index in [1.54, 1.807) is 6.26 Å². The highest BCUT2D eigenvalue weighted by atomic mass is 16.3. The van der Waals surface area contributed by atoms with Gasteiger partial charge < -0.3 is 4.42 Å². The molecule has 0 aromatic carbocycles. The molecule has 0 saturated carbocycles. The van der Waals surface area contributed by atoms with Gasteiger partial charge in [0.05, 0.1) is 6.26 Å². The van der Waals surface area contributed by atoms with Crippen LogP contribution in [-0.2, 0) is 11.2 Å². The lowest BCUT2D eigenvalue weighted by molar-refractivity contribution is -0.119. The lowest BCUT2D eigenvalue weighted by atomic mass is 10.0. The van der Waals surface area contributed by atoms with Crippen molar-refractivity contribution in [2.75, 3.05) is 0 Å². The zero-order chi connectivity index (χ0) is 11.1. The molecular weight excluding hydrogens is 188 g/mol. The van der Waals surface area contributed by atoms with Crippen LogP contribution < -0.4 is 0 Å². The Balaban J connectivity index is 2.09. The van der Waals surface area contributed by atoms with Crippen molar-refractivity contribution in [1.29, 1.82) is 0 Å². The van der Waals surface area contributed by atoms with Crippen LogP contribution in [-0.4, -0.2) is 5.78 Å². The number of furan rings is 1. The number of ketones is 1. The van der Waals surface area contributed by atoms with E-state index >= 15 is 0 Å². The molecule has 1 heterocycles. The molecule has 84 valence electrons. The third-order valence-corrected chi connectivity index (χ3v) is 2.47. The molecule has 0 saturated heterocycles. The summed E-state index contributed by atoms with van der Waals surface area (Å²) in [5.74, 6) is 1.96. The maximum atomic E-state index is 11.5. The van der Waals surface area contributed by atoms with Gasteiger partial charge in [-0.2, -0.15) is 0 Å². The zero-order valence-corrected chi connectivity index (χ0v) is 9.66. The van der Waals surface area contributed by atoms with Crippen LogP contribution in [0.25, 0.3) is 0 Å². The normalized spacial score (nSPS) is 10.9. The van der Waals surface area contributed by atoms with Gasteiger partial charge in [-0.15, -0.1) is 0 Å². The van der Waals surface area contributed by atoms with Crippen LogP contribution in [0.3, 0.4) is 0 Å². The number of carbonyl (C=O) groups excluding carboxylic acids is 1. The molecule has 0 aliphatic rings. The summed E-state index contributed by atoms with van der Waals surface area (Å²) in [5.41, 5.74) is 0. The number of rotatable bonds is 7. The van der Waals surface area contributed by atoms with Gasteiger partial charge in [-0.05, 0) is 24.5 Å². The lowest BCUT2D eigenvalue weighted by Crippen LogP contribution is -2.00. The highest BCUT2D eigenvalue weighted by Crippen LogP contribution is 2.09. The van der Waals surface area contributed by atoms with Crippen molar-refractivity contribution in [1.82, 2.24) is 0 Å². The van der Waals surface area contributed by atoms with Crippen LogP contribution in [0.4, 0.5) is 0 Å². The van der Waals surface area contributed by atoms with E-state index in [2.05, 4.69) is 13.8 Å². The van der Waals surface area contributed by atoms with Crippen molar-refractivity contribution < 1.29 is 9.21 Å². The first kappa shape index (κ1) is 12.0. The predicted molar refractivity (Wildman–Crippen MR) is 60.7 cm³/mol. The fourth-order valence-electron chi connectivity index (χ4n) is 1.55. The number of Topliss-reactive ketones (excluding diaryl/α,β-unsaturated/α-hetero) is 1. The van der Waals surface area contributed by atoms with Crippen LogP contribution in [0.2, 0.25) is 0 Å². The van der Waals surface area contributed by atoms with Crippen molar-refractivity contribution in [3.05, 3.63) is 24.2 Å². The summed E-state index contributed by atoms with van der Waals surface area (Å²) in [4.78, 5) is 11.5. The largest absolute Gasteiger partial charge is 0.469 e. The Kier molecular flexibility index (Phi) is 5.16. The Hall–Kier alpha value is -1.05. The second-order valence-corrected chi connectivity index (χ2v) is 4.40. The van der Waals surface area contributed by atoms with Crippen molar-refractivity contribution in [3.63, 3.8) is 0 Å². The number of hydrogen-bond acceptors (Lipinski definition) is 2. The average molecular weight is 208 g/mol. The summed E-state index contributed by atoms with van der Waals surface area (Å²) in [6, 6.07) is 3.78. The molecule has 1 aromatic rings. The maximum Gasteiger partial charge on any atom is 0.133 e. The third kappa shape index (κ3) is 5.40. The minimum absolute atomic E-state index is 0.354. The van der Waals surface area contributed by atoms with Gasteiger partial charge in [0.2, 0.25) is 0 Å². The summed E-state index contributed by atoms with van der Waals surface area (Å²) < 4.78 is 5.17. The summed E-state index contributed by atoms with van der Waals surface area (Å²) in [5, 5.41) is 0. The summed E-state index contributed by atoms with van der Waals surface area (Å²) >= 11 is 0. The minimum atomic E-state index is 0.354. The van der Waals surface area contributed by atoms with Gasteiger partial charge in [-0.25, -0.2) is 0 Å². The maximum absolute atomic E-state index is 11.5. The topological polar surface area (TPSA) is 30.2 Å². The van der Waals surface area contributed by atoms with E-state index in [0.717, 1.165) is 31.4 Å². The van der Waals surface area contributed by atoms with E-state index in [1.807, 2.05) is 12.1 Å². The molecule has 0 N–H and O–H groups in total. The van der Waals surface area contributed by atoms with Crippen LogP contribution in [0.1, 0.15) is 45.3 Å². The van der Waals surface area contributed by atoms with Crippen LogP contribution >= 0.6 is 0 Å². The molecule has 0 bridgehead atoms. The molecule has 15 heavy (non-hydrogen) atoms. The standard InChI is InChI=1S/C13H20O2/c1-11(2)5-3-6-12(14)8-9-13-7-4-10-15-13/h4,7,10-11H,3,5-6,8-9H2,1-2H3. The lowest BCUT2D eigenvalue weighted by Gasteiger charge is -2.03. The molecule has 0 aliphatic carbocycles. The fraction of sp³-hybridized carbons (Fsp3) is 0.615. The molecule has 2 nitrogen and oxygen atoms in total. The van der Waals surface area contributed by atoms with Gasteiger partial charge in [-0.3, -0.25) is 4.79 Å². The highest BCUT2D eigenvalue weighted by molar-refractivity contribution is 5.78. The fourth-order valence-corrected chi connectivity index (χ4v) is 1.55. The number of hydrogen-bond donors (Lipinski definition) is 0. The number of aryl methyl sites for hydroxylation is 1. The van der Waals surface area contributed by atoms with Crippen molar-refractivity contribution in [2.24, 2.45) is 5.92 Å². The molecule has 2 heteroatoms. The van der Waals surface area contributed by atoms with E-state index in [-0.39, 0.29) is 0 Å². The summed E-state index contributed by atoms with van der Waals surface area (Å²) in [7, 11) is 0. The smallest absolute Gasteiger partial charge is 0.133 e. The minimum Gasteiger partial charge on any atom is -0.469 e. The van der Waals surface area contributed by atoms with E-state index in [4.69, 9.17) is 4.42 Å². The van der Waals surface area contributed by atoms with Gasteiger partial charge in [0, 0.05) is 19.3 Å². The van der Waals surface area contributed by atoms with Gasteiger partial charge in [0.1, 0.15) is 11.5 Å². The van der Waals surface area contributed by atoms with Crippen LogP contribution in [0.5, 0.6) is 0 Å². The molecule has 0 radical (unpaired) electrons. The molecule has 0 atom stereocenters. The monoisotopic (exact) mass is 208 g/mol. The Labute approximate surface area is 91.7 Å². The predicted octanol–water partition coefficient (Wildman–Crippen LogP) is 3.61. The van der Waals surface area contributed by atoms with E-state index in [1.165, 1.54) is 0 Å². The van der Waals surface area contributed by atoms with Crippen LogP contribution in [0.15, 0.2) is 22.8 Å². The van der Waals surface area contributed by atoms with Gasteiger partial charge >= 0.3 is 0 Å². The van der Waals surface area contributed by atoms with Crippen molar-refractivity contribution >= 4 is 5.78 Å². The third-order valence-electron chi connectivity index (χ3n) is 2.47. The Bertz CT molecular complexity index is 273. The van der Waals surface area contributed by atoms with Crippen molar-refractivity contribution in [2.45, 2.75) is 46.0 Å². The molecule has 0 aliphatic heterocycles. The Morgan fingerprint density at radius 3 is 2.80 bits per heavy atom. The molecule has 1 aromatic heterocycles. The van der Waals surface area contributed by atoms with E-state index in [0.29, 0.717) is 18.1 Å². The molecule has 0 fully saturated rings. The summed E-state index contributed by atoms with van der Waals surface area (Å²) in [6.45, 7) is 4.38. The Morgan fingerprint density at radius 1 is 1.40 bits per heavy atom. The molecule has 0 amide bonds. The summed E-state index contributed by atoms with van der Waals surface area (Å²) in [6.07, 6.45) is 5.90. The average Bonchev–Trinajstić information content (AvgIpc) is 2.66. The van der Waals surface area contributed by atoms with Gasteiger partial charge in [0.25, 0.3) is 0 Å². The SMILES string of the molecule is CC(C)CCCC(=O)CCc1ccco1. The first-order chi connectivity index (χ1) is 7.18. The zero-order valence-electron chi connectivity index (χ0n) is 9.66. The molecule has 0 unspecified atom stereocenters. The molecule has 0 spiro atoms.